The first-order valence-corrected chi connectivity index (χ1v) is 5.95. The third-order valence-electron chi connectivity index (χ3n) is 3.39. The van der Waals surface area contributed by atoms with Gasteiger partial charge in [-0.3, -0.25) is 0 Å². The van der Waals surface area contributed by atoms with E-state index < -0.39 is 0 Å². The molecule has 1 aromatic carbocycles. The number of aliphatic hydroxyl groups is 1. The summed E-state index contributed by atoms with van der Waals surface area (Å²) in [4.78, 5) is 0. The summed E-state index contributed by atoms with van der Waals surface area (Å²) in [6.07, 6.45) is 0.996. The van der Waals surface area contributed by atoms with Crippen LogP contribution in [0, 0.1) is 25.7 Å². The van der Waals surface area contributed by atoms with Crippen LogP contribution >= 0.6 is 0 Å². The average Bonchev–Trinajstić information content (AvgIpc) is 2.25. The third-order valence-corrected chi connectivity index (χ3v) is 3.39. The summed E-state index contributed by atoms with van der Waals surface area (Å²) in [7, 11) is 0. The minimum atomic E-state index is 0.183. The lowest BCUT2D eigenvalue weighted by molar-refractivity contribution is 0.187. The number of nitrogens with two attached hydrogens (primary N) is 1. The van der Waals surface area contributed by atoms with E-state index in [4.69, 9.17) is 5.73 Å². The van der Waals surface area contributed by atoms with Gasteiger partial charge in [-0.25, -0.2) is 0 Å². The molecular weight excluding hydrogens is 198 g/mol. The molecule has 0 amide bonds. The second-order valence-electron chi connectivity index (χ2n) is 4.79. The minimum Gasteiger partial charge on any atom is -0.396 e. The van der Waals surface area contributed by atoms with Crippen molar-refractivity contribution >= 4 is 0 Å². The fraction of sp³-hybridized carbons (Fsp3) is 0.571. The zero-order valence-corrected chi connectivity index (χ0v) is 10.5. The van der Waals surface area contributed by atoms with Crippen LogP contribution in [0.3, 0.4) is 0 Å². The van der Waals surface area contributed by atoms with Crippen molar-refractivity contribution < 1.29 is 5.11 Å². The first kappa shape index (κ1) is 13.2. The monoisotopic (exact) mass is 221 g/mol. The van der Waals surface area contributed by atoms with E-state index in [1.54, 1.807) is 0 Å². The normalized spacial score (nSPS) is 14.8. The number of benzene rings is 1. The Hall–Kier alpha value is -0.860. The molecule has 0 aliphatic heterocycles. The fourth-order valence-corrected chi connectivity index (χ4v) is 2.02. The van der Waals surface area contributed by atoms with Crippen molar-refractivity contribution in [2.75, 3.05) is 13.2 Å². The predicted octanol–water partition coefficient (Wildman–Crippen LogP) is 2.05. The van der Waals surface area contributed by atoms with Gasteiger partial charge in [-0.2, -0.15) is 0 Å². The first-order chi connectivity index (χ1) is 7.58. The number of rotatable bonds is 5. The van der Waals surface area contributed by atoms with Crippen LogP contribution in [-0.2, 0) is 6.42 Å². The molecule has 16 heavy (non-hydrogen) atoms. The van der Waals surface area contributed by atoms with Crippen LogP contribution in [-0.4, -0.2) is 18.3 Å². The molecule has 2 atom stereocenters. The Balaban J connectivity index is 2.75. The molecule has 0 aliphatic rings. The molecule has 0 heterocycles. The number of hydrogen-bond acceptors (Lipinski definition) is 2. The summed E-state index contributed by atoms with van der Waals surface area (Å²) < 4.78 is 0. The molecule has 0 spiro atoms. The summed E-state index contributed by atoms with van der Waals surface area (Å²) in [5.74, 6) is 0.635. The van der Waals surface area contributed by atoms with E-state index >= 15 is 0 Å². The molecule has 2 heteroatoms. The maximum Gasteiger partial charge on any atom is 0.0474 e. The smallest absolute Gasteiger partial charge is 0.0474 e. The highest BCUT2D eigenvalue weighted by molar-refractivity contribution is 5.30. The van der Waals surface area contributed by atoms with Gasteiger partial charge in [0.2, 0.25) is 0 Å². The fourth-order valence-electron chi connectivity index (χ4n) is 2.02. The Kier molecular flexibility index (Phi) is 4.97. The predicted molar refractivity (Wildman–Crippen MR) is 68.4 cm³/mol. The largest absolute Gasteiger partial charge is 0.396 e. The van der Waals surface area contributed by atoms with E-state index in [0.29, 0.717) is 12.5 Å². The lowest BCUT2D eigenvalue weighted by Crippen LogP contribution is -2.26. The summed E-state index contributed by atoms with van der Waals surface area (Å²) in [6, 6.07) is 6.53. The summed E-state index contributed by atoms with van der Waals surface area (Å²) in [5.41, 5.74) is 9.64. The minimum absolute atomic E-state index is 0.183. The topological polar surface area (TPSA) is 46.2 Å². The molecule has 0 saturated heterocycles. The van der Waals surface area contributed by atoms with Crippen molar-refractivity contribution in [1.29, 1.82) is 0 Å². The second kappa shape index (κ2) is 6.02. The number of aryl methyl sites for hydroxylation is 2. The zero-order chi connectivity index (χ0) is 12.1. The molecule has 0 saturated carbocycles. The Morgan fingerprint density at radius 1 is 1.31 bits per heavy atom. The van der Waals surface area contributed by atoms with Crippen molar-refractivity contribution in [1.82, 2.24) is 0 Å². The van der Waals surface area contributed by atoms with Crippen molar-refractivity contribution in [3.8, 4) is 0 Å². The number of aliphatic hydroxyl groups excluding tert-OH is 1. The van der Waals surface area contributed by atoms with E-state index in [9.17, 15) is 5.11 Å². The van der Waals surface area contributed by atoms with Gasteiger partial charge in [-0.15, -0.1) is 0 Å². The summed E-state index contributed by atoms with van der Waals surface area (Å²) in [6.45, 7) is 7.15. The Bertz CT molecular complexity index is 332. The number of hydrogen-bond donors (Lipinski definition) is 2. The van der Waals surface area contributed by atoms with Crippen LogP contribution in [0.4, 0.5) is 0 Å². The molecule has 0 bridgehead atoms. The van der Waals surface area contributed by atoms with Crippen LogP contribution in [0.1, 0.15) is 23.6 Å². The highest BCUT2D eigenvalue weighted by atomic mass is 16.3. The van der Waals surface area contributed by atoms with Gasteiger partial charge >= 0.3 is 0 Å². The van der Waals surface area contributed by atoms with Crippen LogP contribution < -0.4 is 5.73 Å². The summed E-state index contributed by atoms with van der Waals surface area (Å²) >= 11 is 0. The van der Waals surface area contributed by atoms with E-state index in [-0.39, 0.29) is 12.5 Å². The van der Waals surface area contributed by atoms with Crippen LogP contribution in [0.25, 0.3) is 0 Å². The first-order valence-electron chi connectivity index (χ1n) is 5.95. The van der Waals surface area contributed by atoms with Gasteiger partial charge in [0.1, 0.15) is 0 Å². The van der Waals surface area contributed by atoms with Crippen molar-refractivity contribution in [3.63, 3.8) is 0 Å². The third kappa shape index (κ3) is 3.32. The van der Waals surface area contributed by atoms with Gasteiger partial charge in [-0.05, 0) is 49.8 Å². The van der Waals surface area contributed by atoms with Crippen molar-refractivity contribution in [2.24, 2.45) is 17.6 Å². The van der Waals surface area contributed by atoms with E-state index in [1.165, 1.54) is 16.7 Å². The van der Waals surface area contributed by atoms with E-state index in [2.05, 4.69) is 39.0 Å². The molecular formula is C14H23NO. The van der Waals surface area contributed by atoms with E-state index in [1.807, 2.05) is 0 Å². The summed E-state index contributed by atoms with van der Waals surface area (Å²) in [5, 5.41) is 9.22. The van der Waals surface area contributed by atoms with Gasteiger partial charge < -0.3 is 10.8 Å². The molecule has 3 N–H and O–H groups in total. The molecule has 0 aliphatic carbocycles. The molecule has 0 radical (unpaired) electrons. The van der Waals surface area contributed by atoms with Crippen LogP contribution in [0.15, 0.2) is 18.2 Å². The maximum atomic E-state index is 9.22. The SMILES string of the molecule is Cc1ccc(C)c(CC(C)C(CN)CO)c1. The van der Waals surface area contributed by atoms with Gasteiger partial charge in [0.05, 0.1) is 0 Å². The standard InChI is InChI=1S/C14H23NO/c1-10-4-5-11(2)13(6-10)7-12(3)14(8-15)9-16/h4-6,12,14,16H,7-9,15H2,1-3H3. The zero-order valence-electron chi connectivity index (χ0n) is 10.5. The van der Waals surface area contributed by atoms with Crippen LogP contribution in [0.5, 0.6) is 0 Å². The molecule has 0 aromatic heterocycles. The molecule has 90 valence electrons. The second-order valence-corrected chi connectivity index (χ2v) is 4.79. The van der Waals surface area contributed by atoms with Crippen molar-refractivity contribution in [2.45, 2.75) is 27.2 Å². The molecule has 0 fully saturated rings. The van der Waals surface area contributed by atoms with Gasteiger partial charge in [-0.1, -0.05) is 30.7 Å². The highest BCUT2D eigenvalue weighted by Gasteiger charge is 2.16. The Labute approximate surface area is 98.5 Å². The molecule has 2 unspecified atom stereocenters. The van der Waals surface area contributed by atoms with Gasteiger partial charge in [0.15, 0.2) is 0 Å². The van der Waals surface area contributed by atoms with Crippen LogP contribution in [0.2, 0.25) is 0 Å². The lowest BCUT2D eigenvalue weighted by atomic mass is 9.87. The highest BCUT2D eigenvalue weighted by Crippen LogP contribution is 2.20. The Morgan fingerprint density at radius 2 is 2.00 bits per heavy atom. The van der Waals surface area contributed by atoms with Gasteiger partial charge in [0.25, 0.3) is 0 Å². The lowest BCUT2D eigenvalue weighted by Gasteiger charge is -2.21. The van der Waals surface area contributed by atoms with Gasteiger partial charge in [0, 0.05) is 6.61 Å². The molecule has 1 rings (SSSR count). The molecule has 1 aromatic rings. The quantitative estimate of drug-likeness (QED) is 0.799. The Morgan fingerprint density at radius 3 is 2.56 bits per heavy atom. The maximum absolute atomic E-state index is 9.22. The average molecular weight is 221 g/mol. The molecule has 2 nitrogen and oxygen atoms in total. The van der Waals surface area contributed by atoms with Crippen molar-refractivity contribution in [3.05, 3.63) is 34.9 Å². The van der Waals surface area contributed by atoms with E-state index in [0.717, 1.165) is 6.42 Å².